The molecule has 2 heterocycles. The predicted molar refractivity (Wildman–Crippen MR) is 95.7 cm³/mol. The molecular formula is C17H16N4O4S. The van der Waals surface area contributed by atoms with Crippen molar-refractivity contribution in [3.63, 3.8) is 0 Å². The summed E-state index contributed by atoms with van der Waals surface area (Å²) in [4.78, 5) is 25.6. The van der Waals surface area contributed by atoms with E-state index in [2.05, 4.69) is 10.2 Å². The normalized spacial score (nSPS) is 10.7. The molecule has 26 heavy (non-hydrogen) atoms. The summed E-state index contributed by atoms with van der Waals surface area (Å²) < 4.78 is 5.64. The van der Waals surface area contributed by atoms with E-state index in [0.717, 1.165) is 11.3 Å². The average Bonchev–Trinajstić information content (AvgIpc) is 3.32. The Morgan fingerprint density at radius 2 is 2.15 bits per heavy atom. The molecule has 0 aliphatic carbocycles. The standard InChI is InChI=1S/C17H16N4O4S/c1-2-8-20(17(22)12-5-3-6-13(10-12)21(23)24)11-15-18-19-16(25-15)14-7-4-9-26-14/h3-7,9-10H,2,8,11H2,1H3. The molecule has 0 saturated carbocycles. The van der Waals surface area contributed by atoms with Crippen LogP contribution in [-0.2, 0) is 6.54 Å². The third kappa shape index (κ3) is 3.94. The van der Waals surface area contributed by atoms with Crippen LogP contribution in [0.25, 0.3) is 10.8 Å². The van der Waals surface area contributed by atoms with E-state index in [1.165, 1.54) is 29.5 Å². The lowest BCUT2D eigenvalue weighted by atomic mass is 10.1. The molecule has 2 aromatic heterocycles. The SMILES string of the molecule is CCCN(Cc1nnc(-c2cccs2)o1)C(=O)c1cccc([N+](=O)[O-])c1. The third-order valence-electron chi connectivity index (χ3n) is 3.61. The van der Waals surface area contributed by atoms with Crippen molar-refractivity contribution in [3.8, 4) is 10.8 Å². The van der Waals surface area contributed by atoms with Crippen LogP contribution in [0.2, 0.25) is 0 Å². The highest BCUT2D eigenvalue weighted by Gasteiger charge is 2.20. The van der Waals surface area contributed by atoms with Crippen molar-refractivity contribution in [3.05, 3.63) is 63.3 Å². The topological polar surface area (TPSA) is 102 Å². The Kier molecular flexibility index (Phi) is 5.37. The smallest absolute Gasteiger partial charge is 0.270 e. The molecule has 0 aliphatic heterocycles. The molecule has 3 rings (SSSR count). The Labute approximate surface area is 153 Å². The average molecular weight is 372 g/mol. The van der Waals surface area contributed by atoms with Crippen LogP contribution in [0.5, 0.6) is 0 Å². The highest BCUT2D eigenvalue weighted by molar-refractivity contribution is 7.13. The summed E-state index contributed by atoms with van der Waals surface area (Å²) >= 11 is 1.49. The van der Waals surface area contributed by atoms with E-state index in [0.29, 0.717) is 18.3 Å². The summed E-state index contributed by atoms with van der Waals surface area (Å²) in [6.07, 6.45) is 0.729. The highest BCUT2D eigenvalue weighted by atomic mass is 32.1. The Hall–Kier alpha value is -3.07. The molecule has 0 radical (unpaired) electrons. The fourth-order valence-corrected chi connectivity index (χ4v) is 3.08. The maximum atomic E-state index is 12.8. The molecule has 0 spiro atoms. The molecule has 0 aliphatic rings. The zero-order valence-corrected chi connectivity index (χ0v) is 14.8. The monoisotopic (exact) mass is 372 g/mol. The summed E-state index contributed by atoms with van der Waals surface area (Å²) in [5, 5.41) is 20.8. The molecule has 0 atom stereocenters. The second-order valence-corrected chi connectivity index (χ2v) is 6.46. The number of carbonyl (C=O) groups excluding carboxylic acids is 1. The lowest BCUT2D eigenvalue weighted by molar-refractivity contribution is -0.384. The second kappa shape index (κ2) is 7.87. The van der Waals surface area contributed by atoms with E-state index in [4.69, 9.17) is 4.42 Å². The number of nitro benzene ring substituents is 1. The Balaban J connectivity index is 1.79. The van der Waals surface area contributed by atoms with Crippen LogP contribution < -0.4 is 0 Å². The minimum absolute atomic E-state index is 0.120. The molecule has 0 unspecified atom stereocenters. The zero-order chi connectivity index (χ0) is 18.5. The summed E-state index contributed by atoms with van der Waals surface area (Å²) in [5.41, 5.74) is 0.135. The molecule has 1 amide bonds. The van der Waals surface area contributed by atoms with Gasteiger partial charge in [0.1, 0.15) is 0 Å². The van der Waals surface area contributed by atoms with Crippen molar-refractivity contribution in [2.75, 3.05) is 6.54 Å². The number of aromatic nitrogens is 2. The molecule has 9 heteroatoms. The molecule has 0 saturated heterocycles. The van der Waals surface area contributed by atoms with Gasteiger partial charge in [-0.05, 0) is 23.9 Å². The highest BCUT2D eigenvalue weighted by Crippen LogP contribution is 2.23. The van der Waals surface area contributed by atoms with Crippen molar-refractivity contribution < 1.29 is 14.1 Å². The van der Waals surface area contributed by atoms with Crippen molar-refractivity contribution >= 4 is 22.9 Å². The number of hydrogen-bond donors (Lipinski definition) is 0. The molecule has 134 valence electrons. The van der Waals surface area contributed by atoms with Crippen molar-refractivity contribution in [2.45, 2.75) is 19.9 Å². The van der Waals surface area contributed by atoms with Crippen LogP contribution in [0.3, 0.4) is 0 Å². The first-order valence-electron chi connectivity index (χ1n) is 7.98. The van der Waals surface area contributed by atoms with Gasteiger partial charge in [0, 0.05) is 24.2 Å². The van der Waals surface area contributed by atoms with Gasteiger partial charge in [0.15, 0.2) is 0 Å². The van der Waals surface area contributed by atoms with Crippen molar-refractivity contribution in [1.82, 2.24) is 15.1 Å². The molecular weight excluding hydrogens is 356 g/mol. The van der Waals surface area contributed by atoms with Gasteiger partial charge in [-0.1, -0.05) is 19.1 Å². The van der Waals surface area contributed by atoms with Gasteiger partial charge in [-0.2, -0.15) is 0 Å². The fraction of sp³-hybridized carbons (Fsp3) is 0.235. The van der Waals surface area contributed by atoms with Crippen molar-refractivity contribution in [2.24, 2.45) is 0 Å². The maximum Gasteiger partial charge on any atom is 0.270 e. The largest absolute Gasteiger partial charge is 0.418 e. The number of hydrogen-bond acceptors (Lipinski definition) is 7. The van der Waals surface area contributed by atoms with Gasteiger partial charge in [0.05, 0.1) is 16.3 Å². The predicted octanol–water partition coefficient (Wildman–Crippen LogP) is 3.76. The van der Waals surface area contributed by atoms with Crippen LogP contribution in [0.15, 0.2) is 46.2 Å². The first kappa shape index (κ1) is 17.7. The van der Waals surface area contributed by atoms with Crippen LogP contribution in [0.4, 0.5) is 5.69 Å². The van der Waals surface area contributed by atoms with Crippen LogP contribution in [0, 0.1) is 10.1 Å². The third-order valence-corrected chi connectivity index (χ3v) is 4.47. The first-order chi connectivity index (χ1) is 12.6. The summed E-state index contributed by atoms with van der Waals surface area (Å²) in [5.74, 6) is 0.418. The van der Waals surface area contributed by atoms with E-state index >= 15 is 0 Å². The van der Waals surface area contributed by atoms with E-state index in [-0.39, 0.29) is 23.7 Å². The number of thiophene rings is 1. The summed E-state index contributed by atoms with van der Waals surface area (Å²) in [6, 6.07) is 9.45. The van der Waals surface area contributed by atoms with Crippen molar-refractivity contribution in [1.29, 1.82) is 0 Å². The van der Waals surface area contributed by atoms with Gasteiger partial charge in [-0.25, -0.2) is 0 Å². The molecule has 0 N–H and O–H groups in total. The number of non-ortho nitro benzene ring substituents is 1. The lowest BCUT2D eigenvalue weighted by Crippen LogP contribution is -2.31. The van der Waals surface area contributed by atoms with Gasteiger partial charge >= 0.3 is 0 Å². The van der Waals surface area contributed by atoms with Crippen LogP contribution >= 0.6 is 11.3 Å². The Morgan fingerprint density at radius 3 is 2.85 bits per heavy atom. The quantitative estimate of drug-likeness (QED) is 0.462. The Bertz CT molecular complexity index is 907. The summed E-state index contributed by atoms with van der Waals surface area (Å²) in [6.45, 7) is 2.56. The zero-order valence-electron chi connectivity index (χ0n) is 14.0. The fourth-order valence-electron chi connectivity index (χ4n) is 2.44. The van der Waals surface area contributed by atoms with Crippen LogP contribution in [0.1, 0.15) is 29.6 Å². The number of amides is 1. The number of benzene rings is 1. The maximum absolute atomic E-state index is 12.8. The molecule has 1 aromatic carbocycles. The van der Waals surface area contributed by atoms with E-state index in [1.807, 2.05) is 24.4 Å². The van der Waals surface area contributed by atoms with E-state index in [1.54, 1.807) is 11.0 Å². The van der Waals surface area contributed by atoms with E-state index < -0.39 is 4.92 Å². The number of rotatable bonds is 7. The first-order valence-corrected chi connectivity index (χ1v) is 8.86. The number of nitro groups is 1. The second-order valence-electron chi connectivity index (χ2n) is 5.51. The van der Waals surface area contributed by atoms with Gasteiger partial charge in [-0.15, -0.1) is 21.5 Å². The molecule has 0 fully saturated rings. The Morgan fingerprint density at radius 1 is 1.31 bits per heavy atom. The number of nitrogens with zero attached hydrogens (tertiary/aromatic N) is 4. The number of carbonyl (C=O) groups is 1. The van der Waals surface area contributed by atoms with E-state index in [9.17, 15) is 14.9 Å². The van der Waals surface area contributed by atoms with Gasteiger partial charge < -0.3 is 9.32 Å². The molecule has 0 bridgehead atoms. The molecule has 3 aromatic rings. The minimum Gasteiger partial charge on any atom is -0.418 e. The van der Waals surface area contributed by atoms with Gasteiger partial charge in [-0.3, -0.25) is 14.9 Å². The van der Waals surface area contributed by atoms with Gasteiger partial charge in [0.2, 0.25) is 5.89 Å². The summed E-state index contributed by atoms with van der Waals surface area (Å²) in [7, 11) is 0. The lowest BCUT2D eigenvalue weighted by Gasteiger charge is -2.20. The van der Waals surface area contributed by atoms with Gasteiger partial charge in [0.25, 0.3) is 17.5 Å². The van der Waals surface area contributed by atoms with Crippen LogP contribution in [-0.4, -0.2) is 32.5 Å². The minimum atomic E-state index is -0.522. The molecule has 8 nitrogen and oxygen atoms in total.